The first-order valence-electron chi connectivity index (χ1n) is 43.9. The fraction of sp³-hybridized carbons (Fsp3) is 0.140. The Labute approximate surface area is 803 Å². The summed E-state index contributed by atoms with van der Waals surface area (Å²) in [4.78, 5) is 88.8. The molecule has 0 fully saturated rings. The van der Waals surface area contributed by atoms with Gasteiger partial charge in [-0.25, -0.2) is 70.6 Å². The van der Waals surface area contributed by atoms with Gasteiger partial charge in [-0.15, -0.1) is 0 Å². The van der Waals surface area contributed by atoms with Gasteiger partial charge in [0.15, 0.2) is 58.2 Å². The Hall–Kier alpha value is -15.9. The highest BCUT2D eigenvalue weighted by Crippen LogP contribution is 2.44. The van der Waals surface area contributed by atoms with Crippen LogP contribution < -0.4 is 21.3 Å². The lowest BCUT2D eigenvalue weighted by Gasteiger charge is -2.23. The van der Waals surface area contributed by atoms with E-state index in [2.05, 4.69) is 58.8 Å². The first-order valence-corrected chi connectivity index (χ1v) is 45.0. The predicted octanol–water partition coefficient (Wildman–Crippen LogP) is 18.5. The molecular formula is C107H82F7IN12O12. The number of fused-ring (bicyclic) bond motifs is 12. The average Bonchev–Trinajstić information content (AvgIpc) is 0.772. The maximum absolute atomic E-state index is 14.1. The molecule has 12 aromatic carbocycles. The van der Waals surface area contributed by atoms with Gasteiger partial charge >= 0.3 is 0 Å². The molecule has 0 saturated carbocycles. The lowest BCUT2D eigenvalue weighted by Crippen LogP contribution is -2.22. The van der Waals surface area contributed by atoms with Crippen molar-refractivity contribution in [3.8, 4) is 68.0 Å². The number of aliphatic hydroxyl groups is 4. The number of hydrogen-bond donors (Lipinski definition) is 12. The van der Waals surface area contributed by atoms with Crippen molar-refractivity contribution in [3.05, 3.63) is 424 Å². The number of nitrogens with one attached hydrogen (secondary N) is 4. The van der Waals surface area contributed by atoms with Crippen molar-refractivity contribution in [1.29, 1.82) is 0 Å². The van der Waals surface area contributed by atoms with Crippen molar-refractivity contribution in [3.63, 3.8) is 0 Å². The number of carbonyl (C=O) groups is 4. The Bertz CT molecular complexity index is 7380. The highest BCUT2D eigenvalue weighted by Gasteiger charge is 2.35. The minimum atomic E-state index is -2.33. The molecule has 4 atom stereocenters. The molecule has 20 rings (SSSR count). The third-order valence-corrected chi connectivity index (χ3v) is 24.4. The van der Waals surface area contributed by atoms with E-state index in [1.54, 1.807) is 146 Å². The van der Waals surface area contributed by atoms with E-state index < -0.39 is 88.9 Å². The maximum atomic E-state index is 14.1. The third kappa shape index (κ3) is 21.4. The molecule has 698 valence electrons. The van der Waals surface area contributed by atoms with Gasteiger partial charge in [0.2, 0.25) is 23.5 Å². The fourth-order valence-electron chi connectivity index (χ4n) is 16.8. The number of hydrogen-bond acceptors (Lipinski definition) is 20. The van der Waals surface area contributed by atoms with Gasteiger partial charge < -0.3 is 62.1 Å². The topological polar surface area (TPSA) is 381 Å². The molecule has 0 bridgehead atoms. The highest BCUT2D eigenvalue weighted by atomic mass is 127. The Morgan fingerprint density at radius 2 is 0.576 bits per heavy atom. The molecule has 12 N–H and O–H groups in total. The van der Waals surface area contributed by atoms with Crippen molar-refractivity contribution >= 4 is 69.5 Å². The van der Waals surface area contributed by atoms with Gasteiger partial charge in [0.05, 0.1) is 64.8 Å². The minimum absolute atomic E-state index is 0.0710. The lowest BCUT2D eigenvalue weighted by atomic mass is 9.91. The van der Waals surface area contributed by atoms with Crippen LogP contribution in [0.15, 0.2) is 267 Å². The third-order valence-electron chi connectivity index (χ3n) is 23.7. The summed E-state index contributed by atoms with van der Waals surface area (Å²) in [6, 6.07) is 75.5. The van der Waals surface area contributed by atoms with E-state index in [9.17, 15) is 90.8 Å². The standard InChI is InChI=1S/C27H18F5N3O3.C27H21F2N3O3.C27H22IN3O3.C26H21N3O3/c28-19-16(20(29)22(31)23(32)21(19)30)11-18(37)34-27-25(26(38)12-4-2-1-3-5-12)35-24-15-8-7-14(36)10-13(15)6-9-17(24)33-27;28-20-10-6-15(12-21(20)29)13-23(34)31-27-25(26(35)16-4-2-1-3-5-16)32-24-19-9-8-18(33)14-17(19)7-11-22(24)30-27;28-19-9-6-16(7-10-19)14-23(33)30-27-25(26(34)17-4-2-1-3-5-17)31-24-21-12-11-20(32)15-18(21)8-13-22(24)29-27;30-19-12-13-20-18(15-19)11-14-21-22(20)28-23(24(31)16-7-3-1-4-8-16)25(27-21)29-26(32)17-9-5-2-6-10-17/h1-5,7-8,10,26,36,38H,6,9,11H2,(H,33,34,37);1-6,8-10,12,14,26,33,35H,7,11,13H2,(H,30,31,34);1-7,9-12,15,26,32,34H,8,13-14H2,(H,29,30,33);1-10,12-13,15,24,30-31H,11,14H2,(H,27,29,32). The summed E-state index contributed by atoms with van der Waals surface area (Å²) >= 11 is 2.23. The lowest BCUT2D eigenvalue weighted by molar-refractivity contribution is -0.116. The monoisotopic (exact) mass is 1990 g/mol. The van der Waals surface area contributed by atoms with Gasteiger partial charge in [-0.1, -0.05) is 158 Å². The zero-order chi connectivity index (χ0) is 97.4. The van der Waals surface area contributed by atoms with Crippen LogP contribution in [0.4, 0.5) is 54.0 Å². The number of benzene rings is 12. The van der Waals surface area contributed by atoms with Crippen molar-refractivity contribution in [2.45, 2.75) is 95.0 Å². The number of aromatic hydroxyl groups is 4. The number of phenols is 4. The molecular weight excluding hydrogens is 1910 g/mol. The molecule has 24 nitrogen and oxygen atoms in total. The quantitative estimate of drug-likeness (QED) is 0.0155. The van der Waals surface area contributed by atoms with Crippen LogP contribution >= 0.6 is 22.6 Å². The molecule has 4 aliphatic carbocycles. The number of halogens is 8. The minimum Gasteiger partial charge on any atom is -0.508 e. The summed E-state index contributed by atoms with van der Waals surface area (Å²) in [5, 5.41) is 94.8. The van der Waals surface area contributed by atoms with Gasteiger partial charge in [-0.2, -0.15) is 0 Å². The van der Waals surface area contributed by atoms with E-state index in [4.69, 9.17) is 24.9 Å². The molecule has 4 aromatic heterocycles. The van der Waals surface area contributed by atoms with E-state index in [0.717, 1.165) is 71.6 Å². The normalized spacial score (nSPS) is 13.0. The maximum Gasteiger partial charge on any atom is 0.256 e. The van der Waals surface area contributed by atoms with Crippen molar-refractivity contribution in [2.75, 3.05) is 21.3 Å². The first-order chi connectivity index (χ1) is 67.1. The van der Waals surface area contributed by atoms with Crippen LogP contribution in [0.1, 0.15) is 142 Å². The van der Waals surface area contributed by atoms with Gasteiger partial charge in [0.25, 0.3) is 5.91 Å². The summed E-state index contributed by atoms with van der Waals surface area (Å²) in [7, 11) is 0. The Balaban J connectivity index is 0.000000128. The van der Waals surface area contributed by atoms with E-state index in [-0.39, 0.29) is 88.0 Å². The first kappa shape index (κ1) is 94.9. The molecule has 139 heavy (non-hydrogen) atoms. The molecule has 4 unspecified atom stereocenters. The second kappa shape index (κ2) is 41.8. The summed E-state index contributed by atoms with van der Waals surface area (Å²) in [5.41, 5.74) is 15.1. The van der Waals surface area contributed by atoms with E-state index in [1.165, 1.54) is 12.1 Å². The molecule has 4 aliphatic rings. The molecule has 0 aliphatic heterocycles. The number of carbonyl (C=O) groups excluding carboxylic acids is 4. The Kier molecular flexibility index (Phi) is 28.5. The smallest absolute Gasteiger partial charge is 0.256 e. The molecule has 0 spiro atoms. The summed E-state index contributed by atoms with van der Waals surface area (Å²) in [6.45, 7) is 0. The van der Waals surface area contributed by atoms with Crippen LogP contribution in [-0.2, 0) is 85.0 Å². The number of phenolic OH excluding ortho intramolecular Hbond substituents is 4. The molecule has 0 saturated heterocycles. The van der Waals surface area contributed by atoms with E-state index >= 15 is 0 Å². The second-order valence-electron chi connectivity index (χ2n) is 33.0. The van der Waals surface area contributed by atoms with Crippen LogP contribution in [0.3, 0.4) is 0 Å². The average molecular weight is 1990 g/mol. The molecule has 4 heterocycles. The van der Waals surface area contributed by atoms with Gasteiger partial charge in [0.1, 0.15) is 70.2 Å². The van der Waals surface area contributed by atoms with Gasteiger partial charge in [-0.3, -0.25) is 19.2 Å². The number of nitrogens with zero attached hydrogens (tertiary/aromatic N) is 8. The Morgan fingerprint density at radius 1 is 0.295 bits per heavy atom. The molecule has 32 heteroatoms. The summed E-state index contributed by atoms with van der Waals surface area (Å²) < 4.78 is 96.8. The SMILES string of the molecule is O=C(Cc1c(F)c(F)c(F)c(F)c1F)Nc1nc2c(nc1C(O)c1ccccc1)-c1ccc(O)cc1CC2.O=C(Cc1ccc(F)c(F)c1)Nc1nc2c(nc1C(O)c1ccccc1)-c1ccc(O)cc1CC2.O=C(Cc1ccc(I)cc1)Nc1nc2c(nc1C(O)c1ccccc1)-c1ccc(O)cc1CC2.O=C(Nc1nc2c(nc1C(O)c1ccccc1)-c1ccc(O)cc1CC2)c1ccccc1. The van der Waals surface area contributed by atoms with Crippen LogP contribution in [0.25, 0.3) is 45.0 Å². The predicted molar refractivity (Wildman–Crippen MR) is 511 cm³/mol. The van der Waals surface area contributed by atoms with Crippen LogP contribution in [-0.4, -0.2) is 104 Å². The zero-order valence-electron chi connectivity index (χ0n) is 73.3. The second-order valence-corrected chi connectivity index (χ2v) is 34.3. The zero-order valence-corrected chi connectivity index (χ0v) is 75.5. The van der Waals surface area contributed by atoms with Crippen LogP contribution in [0, 0.1) is 44.3 Å². The van der Waals surface area contributed by atoms with Crippen LogP contribution in [0.2, 0.25) is 0 Å². The van der Waals surface area contributed by atoms with Crippen molar-refractivity contribution in [1.82, 2.24) is 39.9 Å². The van der Waals surface area contributed by atoms with Crippen LogP contribution in [0.5, 0.6) is 23.0 Å². The number of aryl methyl sites for hydroxylation is 8. The molecule has 0 radical (unpaired) electrons. The summed E-state index contributed by atoms with van der Waals surface area (Å²) in [5.74, 6) is -14.0. The Morgan fingerprint density at radius 3 is 0.892 bits per heavy atom. The van der Waals surface area contributed by atoms with Gasteiger partial charge in [0, 0.05) is 37.0 Å². The van der Waals surface area contributed by atoms with E-state index in [1.807, 2.05) is 97.1 Å². The summed E-state index contributed by atoms with van der Waals surface area (Å²) in [6.07, 6.45) is -1.21. The number of aromatic nitrogens is 8. The molecule has 16 aromatic rings. The van der Waals surface area contributed by atoms with Gasteiger partial charge in [-0.05, 0) is 239 Å². The highest BCUT2D eigenvalue weighted by molar-refractivity contribution is 14.1. The number of rotatable bonds is 19. The van der Waals surface area contributed by atoms with E-state index in [0.29, 0.717) is 130 Å². The van der Waals surface area contributed by atoms with Crippen molar-refractivity contribution in [2.24, 2.45) is 0 Å². The number of anilines is 4. The fourth-order valence-corrected chi connectivity index (χ4v) is 17.1. The number of amides is 4. The molecule has 4 amide bonds. The number of aliphatic hydroxyl groups excluding tert-OH is 4. The largest absolute Gasteiger partial charge is 0.508 e. The van der Waals surface area contributed by atoms with Crippen molar-refractivity contribution < 1.29 is 90.8 Å².